The molecule has 4 heteroatoms. The zero-order valence-corrected chi connectivity index (χ0v) is 16.8. The third-order valence-corrected chi connectivity index (χ3v) is 3.65. The number of carbonyl (C=O) groups excluding carboxylic acids is 1. The zero-order valence-electron chi connectivity index (χ0n) is 16.8. The molecule has 1 unspecified atom stereocenters. The van der Waals surface area contributed by atoms with Gasteiger partial charge in [0.05, 0.1) is 0 Å². The van der Waals surface area contributed by atoms with Crippen molar-refractivity contribution in [2.45, 2.75) is 92.8 Å². The van der Waals surface area contributed by atoms with Crippen LogP contribution in [-0.4, -0.2) is 30.3 Å². The minimum atomic E-state index is -0.461. The summed E-state index contributed by atoms with van der Waals surface area (Å²) in [4.78, 5) is 12.0. The van der Waals surface area contributed by atoms with E-state index in [4.69, 9.17) is 4.74 Å². The number of hydrogen-bond donors (Lipinski definition) is 2. The van der Waals surface area contributed by atoms with Crippen LogP contribution in [0.15, 0.2) is 0 Å². The van der Waals surface area contributed by atoms with Crippen molar-refractivity contribution in [2.75, 3.05) is 6.54 Å². The first-order valence-electron chi connectivity index (χ1n) is 9.13. The molecule has 0 aliphatic carbocycles. The van der Waals surface area contributed by atoms with Crippen molar-refractivity contribution in [3.05, 3.63) is 0 Å². The molecule has 2 N–H and O–H groups in total. The molecular weight excluding hydrogens is 288 g/mol. The molecule has 0 saturated heterocycles. The van der Waals surface area contributed by atoms with Crippen LogP contribution in [0.2, 0.25) is 0 Å². The lowest BCUT2D eigenvalue weighted by molar-refractivity contribution is 0.0488. The lowest BCUT2D eigenvalue weighted by Gasteiger charge is -2.29. The van der Waals surface area contributed by atoms with E-state index in [-0.39, 0.29) is 12.1 Å². The van der Waals surface area contributed by atoms with Gasteiger partial charge in [-0.25, -0.2) is 4.79 Å². The Labute approximate surface area is 144 Å². The molecule has 0 radical (unpaired) electrons. The van der Waals surface area contributed by atoms with Crippen LogP contribution in [-0.2, 0) is 4.74 Å². The highest BCUT2D eigenvalue weighted by Gasteiger charge is 2.22. The molecule has 0 aromatic heterocycles. The number of amides is 1. The minimum Gasteiger partial charge on any atom is -0.444 e. The number of alkyl carbamates (subject to hydrolysis) is 1. The molecule has 0 rings (SSSR count). The number of ether oxygens (including phenoxy) is 1. The van der Waals surface area contributed by atoms with Gasteiger partial charge in [0, 0.05) is 18.6 Å². The molecule has 0 aromatic rings. The Morgan fingerprint density at radius 3 is 1.78 bits per heavy atom. The molecule has 1 amide bonds. The van der Waals surface area contributed by atoms with E-state index in [0.717, 1.165) is 19.4 Å². The molecule has 138 valence electrons. The van der Waals surface area contributed by atoms with Gasteiger partial charge in [0.1, 0.15) is 5.60 Å². The smallest absolute Gasteiger partial charge is 0.407 e. The third-order valence-electron chi connectivity index (χ3n) is 3.65. The van der Waals surface area contributed by atoms with Crippen molar-refractivity contribution in [2.24, 2.45) is 17.8 Å². The number of carbonyl (C=O) groups is 1. The van der Waals surface area contributed by atoms with E-state index in [1.165, 1.54) is 0 Å². The maximum atomic E-state index is 12.0. The van der Waals surface area contributed by atoms with Gasteiger partial charge in [-0.15, -0.1) is 0 Å². The van der Waals surface area contributed by atoms with Gasteiger partial charge >= 0.3 is 6.09 Å². The van der Waals surface area contributed by atoms with Crippen molar-refractivity contribution in [3.8, 4) is 0 Å². The van der Waals surface area contributed by atoms with Crippen LogP contribution in [0.25, 0.3) is 0 Å². The summed E-state index contributed by atoms with van der Waals surface area (Å²) in [5, 5.41) is 6.67. The Morgan fingerprint density at radius 1 is 0.957 bits per heavy atom. The highest BCUT2D eigenvalue weighted by molar-refractivity contribution is 5.68. The van der Waals surface area contributed by atoms with Gasteiger partial charge < -0.3 is 15.4 Å². The standard InChI is InChI=1S/C19H40N2O2/c1-13(2)10-16(11-14(3)4)20-12-17(15(5)6)21-18(22)23-19(7,8)9/h13-17,20H,10-12H2,1-9H3,(H,21,22). The minimum absolute atomic E-state index is 0.0756. The van der Waals surface area contributed by atoms with Crippen LogP contribution < -0.4 is 10.6 Å². The summed E-state index contributed by atoms with van der Waals surface area (Å²) in [6.07, 6.45) is 1.99. The fourth-order valence-corrected chi connectivity index (χ4v) is 2.61. The third kappa shape index (κ3) is 12.3. The molecule has 0 saturated carbocycles. The van der Waals surface area contributed by atoms with Gasteiger partial charge in [0.25, 0.3) is 0 Å². The highest BCUT2D eigenvalue weighted by Crippen LogP contribution is 2.14. The quantitative estimate of drug-likeness (QED) is 0.651. The Kier molecular flexibility index (Phi) is 9.83. The van der Waals surface area contributed by atoms with E-state index in [9.17, 15) is 4.79 Å². The summed E-state index contributed by atoms with van der Waals surface area (Å²) in [5.74, 6) is 1.69. The predicted octanol–water partition coefficient (Wildman–Crippen LogP) is 4.59. The van der Waals surface area contributed by atoms with Crippen molar-refractivity contribution in [1.29, 1.82) is 0 Å². The normalized spacial score (nSPS) is 14.0. The molecule has 0 aliphatic heterocycles. The van der Waals surface area contributed by atoms with Crippen LogP contribution in [0.5, 0.6) is 0 Å². The number of nitrogens with one attached hydrogen (secondary N) is 2. The van der Waals surface area contributed by atoms with Crippen LogP contribution in [0, 0.1) is 17.8 Å². The summed E-state index contributed by atoms with van der Waals surface area (Å²) < 4.78 is 5.38. The topological polar surface area (TPSA) is 50.4 Å². The van der Waals surface area contributed by atoms with E-state index >= 15 is 0 Å². The maximum Gasteiger partial charge on any atom is 0.407 e. The van der Waals surface area contributed by atoms with Gasteiger partial charge in [-0.1, -0.05) is 41.5 Å². The summed E-state index contributed by atoms with van der Waals surface area (Å²) in [7, 11) is 0. The van der Waals surface area contributed by atoms with Gasteiger partial charge in [0.15, 0.2) is 0 Å². The predicted molar refractivity (Wildman–Crippen MR) is 98.7 cm³/mol. The van der Waals surface area contributed by atoms with E-state index < -0.39 is 5.60 Å². The van der Waals surface area contributed by atoms with Gasteiger partial charge in [-0.2, -0.15) is 0 Å². The Morgan fingerprint density at radius 2 is 1.43 bits per heavy atom. The van der Waals surface area contributed by atoms with Crippen LogP contribution in [0.4, 0.5) is 4.79 Å². The maximum absolute atomic E-state index is 12.0. The first-order chi connectivity index (χ1) is 10.4. The molecular formula is C19H40N2O2. The molecule has 0 heterocycles. The Bertz CT molecular complexity index is 323. The molecule has 0 spiro atoms. The van der Waals surface area contributed by atoms with Crippen molar-refractivity contribution < 1.29 is 9.53 Å². The summed E-state index contributed by atoms with van der Waals surface area (Å²) in [6, 6.07) is 0.573. The fourth-order valence-electron chi connectivity index (χ4n) is 2.61. The van der Waals surface area contributed by atoms with Gasteiger partial charge in [-0.3, -0.25) is 0 Å². The van der Waals surface area contributed by atoms with Crippen molar-refractivity contribution >= 4 is 6.09 Å². The summed E-state index contributed by atoms with van der Waals surface area (Å²) >= 11 is 0. The van der Waals surface area contributed by atoms with Crippen molar-refractivity contribution in [1.82, 2.24) is 10.6 Å². The number of hydrogen-bond acceptors (Lipinski definition) is 3. The molecule has 1 atom stereocenters. The van der Waals surface area contributed by atoms with E-state index in [0.29, 0.717) is 23.8 Å². The number of rotatable bonds is 9. The fraction of sp³-hybridized carbons (Fsp3) is 0.947. The van der Waals surface area contributed by atoms with Crippen LogP contribution in [0.3, 0.4) is 0 Å². The van der Waals surface area contributed by atoms with E-state index in [1.54, 1.807) is 0 Å². The van der Waals surface area contributed by atoms with E-state index in [1.807, 2.05) is 20.8 Å². The molecule has 0 aliphatic rings. The lowest BCUT2D eigenvalue weighted by atomic mass is 9.95. The lowest BCUT2D eigenvalue weighted by Crippen LogP contribution is -2.49. The van der Waals surface area contributed by atoms with Gasteiger partial charge in [-0.05, 0) is 51.4 Å². The first kappa shape index (κ1) is 22.2. The molecule has 0 bridgehead atoms. The van der Waals surface area contributed by atoms with Crippen LogP contribution >= 0.6 is 0 Å². The van der Waals surface area contributed by atoms with Crippen molar-refractivity contribution in [3.63, 3.8) is 0 Å². The van der Waals surface area contributed by atoms with E-state index in [2.05, 4.69) is 52.2 Å². The second-order valence-corrected chi connectivity index (χ2v) is 8.86. The average molecular weight is 329 g/mol. The Hall–Kier alpha value is -0.770. The molecule has 0 fully saturated rings. The summed E-state index contributed by atoms with van der Waals surface area (Å²) in [5.41, 5.74) is -0.461. The highest BCUT2D eigenvalue weighted by atomic mass is 16.6. The average Bonchev–Trinajstić information content (AvgIpc) is 2.29. The molecule has 23 heavy (non-hydrogen) atoms. The first-order valence-corrected chi connectivity index (χ1v) is 9.13. The second kappa shape index (κ2) is 10.2. The monoisotopic (exact) mass is 328 g/mol. The van der Waals surface area contributed by atoms with Gasteiger partial charge in [0.2, 0.25) is 0 Å². The molecule has 0 aromatic carbocycles. The summed E-state index contributed by atoms with van der Waals surface area (Å²) in [6.45, 7) is 19.7. The Balaban J connectivity index is 4.57. The second-order valence-electron chi connectivity index (χ2n) is 8.86. The largest absolute Gasteiger partial charge is 0.444 e. The zero-order chi connectivity index (χ0) is 18.2. The SMILES string of the molecule is CC(C)CC(CC(C)C)NCC(NC(=O)OC(C)(C)C)C(C)C. The molecule has 4 nitrogen and oxygen atoms in total. The van der Waals surface area contributed by atoms with Crippen LogP contribution in [0.1, 0.15) is 75.2 Å².